The van der Waals surface area contributed by atoms with Crippen LogP contribution in [0.1, 0.15) is 18.7 Å². The lowest BCUT2D eigenvalue weighted by Gasteiger charge is -2.05. The summed E-state index contributed by atoms with van der Waals surface area (Å²) in [5.41, 5.74) is 6.35. The number of aliphatic hydroxyl groups excluding tert-OH is 1. The predicted octanol–water partition coefficient (Wildman–Crippen LogP) is 5.74. The fraction of sp³-hybridized carbons (Fsp3) is 0.154. The number of unbranched alkanes of at least 4 members (excludes halogenated alkanes) is 1. The number of nitrogens with one attached hydrogen (secondary N) is 2. The Morgan fingerprint density at radius 1 is 0.875 bits per heavy atom. The zero-order valence-electron chi connectivity index (χ0n) is 17.5. The van der Waals surface area contributed by atoms with Gasteiger partial charge in [0.05, 0.1) is 11.4 Å². The molecule has 0 amide bonds. The number of hydrogen-bond acceptors (Lipinski definition) is 3. The Labute approximate surface area is 185 Å². The van der Waals surface area contributed by atoms with Crippen LogP contribution in [-0.4, -0.2) is 31.6 Å². The van der Waals surface area contributed by atoms with Gasteiger partial charge in [0.2, 0.25) is 0 Å². The predicted molar refractivity (Wildman–Crippen MR) is 125 cm³/mol. The van der Waals surface area contributed by atoms with Gasteiger partial charge in [-0.15, -0.1) is 0 Å². The van der Waals surface area contributed by atoms with Gasteiger partial charge >= 0.3 is 0 Å². The number of aromatic amines is 2. The van der Waals surface area contributed by atoms with E-state index >= 15 is 0 Å². The molecule has 0 fully saturated rings. The van der Waals surface area contributed by atoms with E-state index in [4.69, 9.17) is 10.1 Å². The van der Waals surface area contributed by atoms with Crippen LogP contribution in [0.2, 0.25) is 0 Å². The summed E-state index contributed by atoms with van der Waals surface area (Å²) in [6.07, 6.45) is 4.06. The van der Waals surface area contributed by atoms with Crippen LogP contribution in [0.4, 0.5) is 4.39 Å². The van der Waals surface area contributed by atoms with Crippen molar-refractivity contribution in [1.29, 1.82) is 0 Å². The molecule has 2 aromatic carbocycles. The van der Waals surface area contributed by atoms with E-state index in [0.29, 0.717) is 0 Å². The molecule has 0 unspecified atom stereocenters. The van der Waals surface area contributed by atoms with Gasteiger partial charge in [0, 0.05) is 41.4 Å². The van der Waals surface area contributed by atoms with E-state index in [0.717, 1.165) is 69.9 Å². The molecule has 32 heavy (non-hydrogen) atoms. The molecule has 5 aromatic rings. The molecule has 3 N–H and O–H groups in total. The van der Waals surface area contributed by atoms with Gasteiger partial charge in [-0.25, -0.2) is 14.4 Å². The largest absolute Gasteiger partial charge is 0.396 e. The fourth-order valence-electron chi connectivity index (χ4n) is 3.97. The molecular weight excluding hydrogens is 403 g/mol. The normalized spacial score (nSPS) is 11.3. The van der Waals surface area contributed by atoms with E-state index in [1.165, 1.54) is 12.1 Å². The van der Waals surface area contributed by atoms with Crippen LogP contribution in [0.3, 0.4) is 0 Å². The lowest BCUT2D eigenvalue weighted by molar-refractivity contribution is 0.284. The summed E-state index contributed by atoms with van der Waals surface area (Å²) < 4.78 is 13.5. The van der Waals surface area contributed by atoms with E-state index in [-0.39, 0.29) is 12.4 Å². The van der Waals surface area contributed by atoms with Crippen molar-refractivity contribution in [2.45, 2.75) is 19.3 Å². The van der Waals surface area contributed by atoms with Crippen LogP contribution in [0.5, 0.6) is 0 Å². The molecule has 6 heteroatoms. The molecule has 0 atom stereocenters. The van der Waals surface area contributed by atoms with Crippen molar-refractivity contribution in [3.63, 3.8) is 0 Å². The van der Waals surface area contributed by atoms with Crippen molar-refractivity contribution in [3.05, 3.63) is 84.6 Å². The van der Waals surface area contributed by atoms with E-state index < -0.39 is 0 Å². The van der Waals surface area contributed by atoms with E-state index in [1.807, 2.05) is 24.3 Å². The van der Waals surface area contributed by atoms with Crippen LogP contribution < -0.4 is 0 Å². The standard InChI is InChI=1S/C26H23FN4O/c27-19-11-9-18(10-12-19)24-25(31-23(30-24)8-4-5-15-32)20-13-14-28-26-21(20)16-22(29-26)17-6-2-1-3-7-17/h1-3,6-7,9-14,16,32H,4-5,8,15H2,(H,28,29)(H,30,31). The molecule has 0 aliphatic heterocycles. The average Bonchev–Trinajstić information content (AvgIpc) is 3.45. The Kier molecular flexibility index (Phi) is 5.52. The Morgan fingerprint density at radius 3 is 2.47 bits per heavy atom. The first-order valence-electron chi connectivity index (χ1n) is 10.7. The second-order valence-corrected chi connectivity index (χ2v) is 7.76. The first kappa shape index (κ1) is 20.2. The number of benzene rings is 2. The minimum atomic E-state index is -0.279. The Morgan fingerprint density at radius 2 is 1.69 bits per heavy atom. The SMILES string of the molecule is OCCCCc1nc(-c2ccc(F)cc2)c(-c2ccnc3[nH]c(-c4ccccc4)cc23)[nH]1. The van der Waals surface area contributed by atoms with Crippen molar-refractivity contribution >= 4 is 11.0 Å². The number of aryl methyl sites for hydroxylation is 1. The highest BCUT2D eigenvalue weighted by Crippen LogP contribution is 2.36. The Hall–Kier alpha value is -3.77. The molecule has 0 saturated heterocycles. The van der Waals surface area contributed by atoms with Gasteiger partial charge in [-0.3, -0.25) is 0 Å². The summed E-state index contributed by atoms with van der Waals surface area (Å²) in [5.74, 6) is 0.565. The van der Waals surface area contributed by atoms with Gasteiger partial charge in [0.1, 0.15) is 17.3 Å². The second kappa shape index (κ2) is 8.77. The summed E-state index contributed by atoms with van der Waals surface area (Å²) in [4.78, 5) is 16.3. The van der Waals surface area contributed by atoms with Gasteiger partial charge in [0.15, 0.2) is 0 Å². The summed E-state index contributed by atoms with van der Waals surface area (Å²) in [7, 11) is 0. The first-order valence-corrected chi connectivity index (χ1v) is 10.7. The Bertz CT molecular complexity index is 1340. The highest BCUT2D eigenvalue weighted by atomic mass is 19.1. The van der Waals surface area contributed by atoms with Crippen LogP contribution >= 0.6 is 0 Å². The zero-order valence-corrected chi connectivity index (χ0v) is 17.5. The summed E-state index contributed by atoms with van der Waals surface area (Å²) in [6, 6.07) is 20.6. The van der Waals surface area contributed by atoms with Gasteiger partial charge < -0.3 is 15.1 Å². The van der Waals surface area contributed by atoms with Gasteiger partial charge in [-0.2, -0.15) is 0 Å². The van der Waals surface area contributed by atoms with Crippen molar-refractivity contribution in [3.8, 4) is 33.8 Å². The summed E-state index contributed by atoms with van der Waals surface area (Å²) in [6.45, 7) is 0.162. The molecule has 5 nitrogen and oxygen atoms in total. The smallest absolute Gasteiger partial charge is 0.138 e. The number of fused-ring (bicyclic) bond motifs is 1. The number of hydrogen-bond donors (Lipinski definition) is 3. The minimum Gasteiger partial charge on any atom is -0.396 e. The van der Waals surface area contributed by atoms with Gasteiger partial charge in [0.25, 0.3) is 0 Å². The quantitative estimate of drug-likeness (QED) is 0.290. The highest BCUT2D eigenvalue weighted by Gasteiger charge is 2.18. The number of imidazole rings is 1. The Balaban J connectivity index is 1.64. The molecule has 5 rings (SSSR count). The fourth-order valence-corrected chi connectivity index (χ4v) is 3.97. The number of H-pyrrole nitrogens is 2. The molecule has 0 radical (unpaired) electrons. The number of halogens is 1. The van der Waals surface area contributed by atoms with E-state index in [2.05, 4.69) is 33.2 Å². The summed E-state index contributed by atoms with van der Waals surface area (Å²) >= 11 is 0. The second-order valence-electron chi connectivity index (χ2n) is 7.76. The molecular formula is C26H23FN4O. The number of rotatable bonds is 7. The highest BCUT2D eigenvalue weighted by molar-refractivity contribution is 5.98. The topological polar surface area (TPSA) is 77.6 Å². The maximum Gasteiger partial charge on any atom is 0.138 e. The van der Waals surface area contributed by atoms with E-state index in [1.54, 1.807) is 18.3 Å². The lowest BCUT2D eigenvalue weighted by Crippen LogP contribution is -1.91. The molecule has 3 heterocycles. The van der Waals surface area contributed by atoms with Crippen LogP contribution in [0.25, 0.3) is 44.8 Å². The van der Waals surface area contributed by atoms with Crippen LogP contribution in [-0.2, 0) is 6.42 Å². The van der Waals surface area contributed by atoms with Crippen molar-refractivity contribution in [2.24, 2.45) is 0 Å². The van der Waals surface area contributed by atoms with E-state index in [9.17, 15) is 4.39 Å². The van der Waals surface area contributed by atoms with Gasteiger partial charge in [-0.1, -0.05) is 30.3 Å². The number of nitrogens with zero attached hydrogens (tertiary/aromatic N) is 2. The third kappa shape index (κ3) is 3.92. The van der Waals surface area contributed by atoms with Crippen molar-refractivity contribution in [1.82, 2.24) is 19.9 Å². The molecule has 0 bridgehead atoms. The zero-order chi connectivity index (χ0) is 21.9. The molecule has 3 aromatic heterocycles. The molecule has 0 saturated carbocycles. The number of aliphatic hydroxyl groups is 1. The maximum atomic E-state index is 13.5. The summed E-state index contributed by atoms with van der Waals surface area (Å²) in [5, 5.41) is 10.1. The average molecular weight is 426 g/mol. The van der Waals surface area contributed by atoms with Gasteiger partial charge in [-0.05, 0) is 54.8 Å². The van der Waals surface area contributed by atoms with Crippen LogP contribution in [0.15, 0.2) is 72.9 Å². The molecule has 0 aliphatic rings. The molecule has 0 aliphatic carbocycles. The number of aromatic nitrogens is 4. The minimum absolute atomic E-state index is 0.162. The molecule has 160 valence electrons. The maximum absolute atomic E-state index is 13.5. The lowest BCUT2D eigenvalue weighted by atomic mass is 10.0. The van der Waals surface area contributed by atoms with Crippen molar-refractivity contribution in [2.75, 3.05) is 6.61 Å². The third-order valence-corrected chi connectivity index (χ3v) is 5.58. The van der Waals surface area contributed by atoms with Crippen molar-refractivity contribution < 1.29 is 9.50 Å². The molecule has 0 spiro atoms. The third-order valence-electron chi connectivity index (χ3n) is 5.58. The first-order chi connectivity index (χ1) is 15.7. The monoisotopic (exact) mass is 426 g/mol. The van der Waals surface area contributed by atoms with Crippen LogP contribution in [0, 0.1) is 5.82 Å². The number of pyridine rings is 1.